The van der Waals surface area contributed by atoms with Gasteiger partial charge in [-0.05, 0) is 43.2 Å². The van der Waals surface area contributed by atoms with Crippen LogP contribution in [0.15, 0.2) is 53.4 Å². The second-order valence-electron chi connectivity index (χ2n) is 7.93. The molecule has 0 saturated carbocycles. The number of rotatable bonds is 5. The van der Waals surface area contributed by atoms with E-state index in [9.17, 15) is 13.2 Å². The first-order chi connectivity index (χ1) is 15.7. The molecule has 1 aliphatic rings. The van der Waals surface area contributed by atoms with Gasteiger partial charge in [0.15, 0.2) is 5.01 Å². The zero-order chi connectivity index (χ0) is 23.8. The van der Waals surface area contributed by atoms with Crippen LogP contribution in [0, 0.1) is 0 Å². The Bertz CT molecular complexity index is 1260. The summed E-state index contributed by atoms with van der Waals surface area (Å²) in [7, 11) is -3.81. The molecule has 3 aromatic rings. The second-order valence-corrected chi connectivity index (χ2v) is 10.9. The van der Waals surface area contributed by atoms with Gasteiger partial charge in [0.2, 0.25) is 10.0 Å². The smallest absolute Gasteiger partial charge is 0.283 e. The SMILES string of the molecule is CCC1COCC(C)N1C(=O)c1nc(-c2ccc(Cl)cc2)c(-c2ccc(S(N)(=O)=O)cc2)s1. The molecule has 174 valence electrons. The summed E-state index contributed by atoms with van der Waals surface area (Å²) in [5, 5.41) is 6.20. The maximum absolute atomic E-state index is 13.5. The van der Waals surface area contributed by atoms with Gasteiger partial charge in [0.1, 0.15) is 0 Å². The van der Waals surface area contributed by atoms with Gasteiger partial charge in [0.05, 0.1) is 40.8 Å². The van der Waals surface area contributed by atoms with Gasteiger partial charge in [-0.3, -0.25) is 4.79 Å². The zero-order valence-electron chi connectivity index (χ0n) is 18.2. The molecular weight excluding hydrogens is 482 g/mol. The lowest BCUT2D eigenvalue weighted by Gasteiger charge is -2.39. The van der Waals surface area contributed by atoms with Crippen LogP contribution in [0.5, 0.6) is 0 Å². The van der Waals surface area contributed by atoms with Crippen molar-refractivity contribution in [1.82, 2.24) is 9.88 Å². The fourth-order valence-corrected chi connectivity index (χ4v) is 5.57. The number of amides is 1. The minimum absolute atomic E-state index is 0.0124. The molecule has 33 heavy (non-hydrogen) atoms. The van der Waals surface area contributed by atoms with Crippen molar-refractivity contribution < 1.29 is 17.9 Å². The predicted octanol–water partition coefficient (Wildman–Crippen LogP) is 4.42. The maximum Gasteiger partial charge on any atom is 0.283 e. The van der Waals surface area contributed by atoms with Gasteiger partial charge < -0.3 is 9.64 Å². The number of sulfonamides is 1. The molecule has 2 atom stereocenters. The maximum atomic E-state index is 13.5. The number of benzene rings is 2. The van der Waals surface area contributed by atoms with Gasteiger partial charge in [-0.2, -0.15) is 0 Å². The first-order valence-electron chi connectivity index (χ1n) is 10.5. The van der Waals surface area contributed by atoms with Crippen LogP contribution in [0.3, 0.4) is 0 Å². The fourth-order valence-electron chi connectivity index (χ4n) is 3.89. The van der Waals surface area contributed by atoms with Crippen molar-refractivity contribution in [3.63, 3.8) is 0 Å². The Balaban J connectivity index is 1.80. The number of nitrogens with two attached hydrogens (primary N) is 1. The largest absolute Gasteiger partial charge is 0.377 e. The number of morpholine rings is 1. The Morgan fingerprint density at radius 3 is 2.39 bits per heavy atom. The summed E-state index contributed by atoms with van der Waals surface area (Å²) in [4.78, 5) is 20.9. The number of carbonyl (C=O) groups excluding carboxylic acids is 1. The molecule has 1 fully saturated rings. The van der Waals surface area contributed by atoms with Crippen molar-refractivity contribution in [2.45, 2.75) is 37.2 Å². The van der Waals surface area contributed by atoms with E-state index in [0.717, 1.165) is 22.4 Å². The average Bonchev–Trinajstić information content (AvgIpc) is 3.24. The molecule has 1 amide bonds. The van der Waals surface area contributed by atoms with E-state index in [2.05, 4.69) is 0 Å². The molecule has 2 N–H and O–H groups in total. The van der Waals surface area contributed by atoms with Crippen LogP contribution in [-0.2, 0) is 14.8 Å². The number of thiazole rings is 1. The van der Waals surface area contributed by atoms with Gasteiger partial charge in [-0.1, -0.05) is 42.8 Å². The lowest BCUT2D eigenvalue weighted by molar-refractivity contribution is -0.0313. The number of ether oxygens (including phenoxy) is 1. The molecule has 7 nitrogen and oxygen atoms in total. The number of hydrogen-bond acceptors (Lipinski definition) is 6. The molecule has 10 heteroatoms. The molecule has 0 bridgehead atoms. The zero-order valence-corrected chi connectivity index (χ0v) is 20.6. The van der Waals surface area contributed by atoms with Crippen LogP contribution in [0.4, 0.5) is 0 Å². The van der Waals surface area contributed by atoms with E-state index >= 15 is 0 Å². The Hall–Kier alpha value is -2.30. The third-order valence-electron chi connectivity index (χ3n) is 5.62. The molecule has 0 aliphatic carbocycles. The van der Waals surface area contributed by atoms with E-state index in [1.807, 2.05) is 30.9 Å². The first-order valence-corrected chi connectivity index (χ1v) is 13.2. The van der Waals surface area contributed by atoms with E-state index in [4.69, 9.17) is 26.5 Å². The van der Waals surface area contributed by atoms with Crippen molar-refractivity contribution in [2.75, 3.05) is 13.2 Å². The number of nitrogens with zero attached hydrogens (tertiary/aromatic N) is 2. The number of aromatic nitrogens is 1. The summed E-state index contributed by atoms with van der Waals surface area (Å²) >= 11 is 7.35. The molecule has 2 unspecified atom stereocenters. The number of halogens is 1. The lowest BCUT2D eigenvalue weighted by Crippen LogP contribution is -2.53. The standard InChI is InChI=1S/C23H24ClN3O4S2/c1-3-18-13-31-12-14(2)27(18)23(28)22-26-20(15-4-8-17(24)9-5-15)21(32-22)16-6-10-19(11-7-16)33(25,29)30/h4-11,14,18H,3,12-13H2,1-2H3,(H2,25,29,30). The summed E-state index contributed by atoms with van der Waals surface area (Å²) in [5.74, 6) is -0.134. The Labute approximate surface area is 202 Å². The van der Waals surface area contributed by atoms with Crippen LogP contribution in [-0.4, -0.2) is 49.5 Å². The Kier molecular flexibility index (Phi) is 6.88. The molecule has 1 saturated heterocycles. The van der Waals surface area contributed by atoms with Crippen LogP contribution in [0.25, 0.3) is 21.7 Å². The average molecular weight is 506 g/mol. The van der Waals surface area contributed by atoms with Crippen molar-refractivity contribution in [2.24, 2.45) is 5.14 Å². The summed E-state index contributed by atoms with van der Waals surface area (Å²) in [6.07, 6.45) is 0.785. The van der Waals surface area contributed by atoms with Crippen molar-refractivity contribution in [3.05, 3.63) is 58.6 Å². The van der Waals surface area contributed by atoms with Gasteiger partial charge in [-0.15, -0.1) is 11.3 Å². The first kappa shape index (κ1) is 23.8. The molecule has 2 heterocycles. The highest BCUT2D eigenvalue weighted by atomic mass is 35.5. The van der Waals surface area contributed by atoms with Gasteiger partial charge in [0, 0.05) is 10.6 Å². The molecule has 0 spiro atoms. The summed E-state index contributed by atoms with van der Waals surface area (Å²) < 4.78 is 28.9. The second kappa shape index (κ2) is 9.52. The van der Waals surface area contributed by atoms with Crippen LogP contribution < -0.4 is 5.14 Å². The minimum atomic E-state index is -3.81. The van der Waals surface area contributed by atoms with E-state index in [0.29, 0.717) is 28.9 Å². The van der Waals surface area contributed by atoms with Crippen molar-refractivity contribution >= 4 is 38.9 Å². The number of primary sulfonamides is 1. The normalized spacial score (nSPS) is 19.0. The van der Waals surface area contributed by atoms with Crippen LogP contribution in [0.1, 0.15) is 30.1 Å². The minimum Gasteiger partial charge on any atom is -0.377 e. The fraction of sp³-hybridized carbons (Fsp3) is 0.304. The van der Waals surface area contributed by atoms with E-state index in [1.165, 1.54) is 23.5 Å². The molecular formula is C23H24ClN3O4S2. The molecule has 1 aromatic heterocycles. The van der Waals surface area contributed by atoms with E-state index < -0.39 is 10.0 Å². The van der Waals surface area contributed by atoms with Gasteiger partial charge >= 0.3 is 0 Å². The molecule has 2 aromatic carbocycles. The summed E-state index contributed by atoms with van der Waals surface area (Å²) in [6.45, 7) is 5.00. The van der Waals surface area contributed by atoms with E-state index in [1.54, 1.807) is 24.3 Å². The molecule has 1 aliphatic heterocycles. The number of hydrogen-bond donors (Lipinski definition) is 1. The summed E-state index contributed by atoms with van der Waals surface area (Å²) in [6, 6.07) is 13.4. The highest BCUT2D eigenvalue weighted by Crippen LogP contribution is 2.38. The van der Waals surface area contributed by atoms with E-state index in [-0.39, 0.29) is 22.9 Å². The molecule has 0 radical (unpaired) electrons. The van der Waals surface area contributed by atoms with Crippen LogP contribution >= 0.6 is 22.9 Å². The predicted molar refractivity (Wildman–Crippen MR) is 130 cm³/mol. The Morgan fingerprint density at radius 2 is 1.79 bits per heavy atom. The monoisotopic (exact) mass is 505 g/mol. The Morgan fingerprint density at radius 1 is 1.15 bits per heavy atom. The highest BCUT2D eigenvalue weighted by molar-refractivity contribution is 7.89. The third kappa shape index (κ3) is 4.97. The summed E-state index contributed by atoms with van der Waals surface area (Å²) in [5.41, 5.74) is 2.19. The van der Waals surface area contributed by atoms with Crippen molar-refractivity contribution in [3.8, 4) is 21.7 Å². The number of carbonyl (C=O) groups is 1. The third-order valence-corrected chi connectivity index (χ3v) is 7.89. The topological polar surface area (TPSA) is 103 Å². The van der Waals surface area contributed by atoms with Gasteiger partial charge in [-0.25, -0.2) is 18.5 Å². The highest BCUT2D eigenvalue weighted by Gasteiger charge is 2.34. The van der Waals surface area contributed by atoms with Crippen LogP contribution in [0.2, 0.25) is 5.02 Å². The molecule has 4 rings (SSSR count). The quantitative estimate of drug-likeness (QED) is 0.553. The van der Waals surface area contributed by atoms with Crippen molar-refractivity contribution in [1.29, 1.82) is 0 Å². The lowest BCUT2D eigenvalue weighted by atomic mass is 10.1. The van der Waals surface area contributed by atoms with Gasteiger partial charge in [0.25, 0.3) is 5.91 Å².